The fraction of sp³-hybridized carbons (Fsp3) is 0.333. The number of halogens is 1. The largest absolute Gasteiger partial charge is 0.326 e. The molecule has 2 aliphatic rings. The van der Waals surface area contributed by atoms with Crippen molar-refractivity contribution in [3.05, 3.63) is 34.3 Å². The Labute approximate surface area is 107 Å². The molecule has 0 aromatic heterocycles. The van der Waals surface area contributed by atoms with E-state index in [1.165, 1.54) is 4.90 Å². The normalized spacial score (nSPS) is 30.7. The van der Waals surface area contributed by atoms with Crippen LogP contribution in [-0.2, 0) is 16.1 Å². The Morgan fingerprint density at radius 2 is 1.65 bits per heavy atom. The third-order valence-corrected chi connectivity index (χ3v) is 3.96. The van der Waals surface area contributed by atoms with Crippen LogP contribution in [0.2, 0.25) is 0 Å². The van der Waals surface area contributed by atoms with Gasteiger partial charge in [0.05, 0.1) is 18.4 Å². The molecule has 2 N–H and O–H groups in total. The minimum Gasteiger partial charge on any atom is -0.326 e. The zero-order chi connectivity index (χ0) is 12.2. The van der Waals surface area contributed by atoms with E-state index in [1.54, 1.807) is 0 Å². The van der Waals surface area contributed by atoms with E-state index in [2.05, 4.69) is 15.9 Å². The molecule has 1 saturated heterocycles. The van der Waals surface area contributed by atoms with Gasteiger partial charge in [-0.2, -0.15) is 0 Å². The maximum Gasteiger partial charge on any atom is 0.235 e. The summed E-state index contributed by atoms with van der Waals surface area (Å²) < 4.78 is 0.977. The number of amides is 2. The van der Waals surface area contributed by atoms with Gasteiger partial charge in [-0.1, -0.05) is 28.1 Å². The average Bonchev–Trinajstić information content (AvgIpc) is 2.90. The summed E-state index contributed by atoms with van der Waals surface area (Å²) in [7, 11) is 0. The van der Waals surface area contributed by atoms with Crippen LogP contribution in [0.4, 0.5) is 0 Å². The van der Waals surface area contributed by atoms with Gasteiger partial charge in [0.2, 0.25) is 11.8 Å². The van der Waals surface area contributed by atoms with E-state index in [4.69, 9.17) is 5.73 Å². The number of nitrogens with two attached hydrogens (primary N) is 1. The Morgan fingerprint density at radius 1 is 1.12 bits per heavy atom. The Balaban J connectivity index is 1.77. The van der Waals surface area contributed by atoms with Gasteiger partial charge in [0.15, 0.2) is 0 Å². The van der Waals surface area contributed by atoms with Crippen LogP contribution in [0.1, 0.15) is 5.56 Å². The van der Waals surface area contributed by atoms with Gasteiger partial charge >= 0.3 is 0 Å². The minimum absolute atomic E-state index is 0.115. The lowest BCUT2D eigenvalue weighted by Crippen LogP contribution is -2.36. The summed E-state index contributed by atoms with van der Waals surface area (Å²) >= 11 is 3.34. The molecule has 88 valence electrons. The lowest BCUT2D eigenvalue weighted by atomic mass is 10.2. The van der Waals surface area contributed by atoms with Crippen LogP contribution in [-0.4, -0.2) is 22.8 Å². The zero-order valence-electron chi connectivity index (χ0n) is 8.97. The van der Waals surface area contributed by atoms with Gasteiger partial charge in [0.1, 0.15) is 0 Å². The quantitative estimate of drug-likeness (QED) is 0.824. The highest BCUT2D eigenvalue weighted by atomic mass is 79.9. The Morgan fingerprint density at radius 3 is 2.18 bits per heavy atom. The summed E-state index contributed by atoms with van der Waals surface area (Å²) in [6.45, 7) is 0.352. The van der Waals surface area contributed by atoms with Crippen LogP contribution in [0.25, 0.3) is 0 Å². The van der Waals surface area contributed by atoms with Gasteiger partial charge in [-0.3, -0.25) is 14.5 Å². The second kappa shape index (κ2) is 3.65. The number of hydrogen-bond donors (Lipinski definition) is 1. The van der Waals surface area contributed by atoms with Gasteiger partial charge in [-0.15, -0.1) is 0 Å². The predicted molar refractivity (Wildman–Crippen MR) is 64.7 cm³/mol. The third-order valence-electron chi connectivity index (χ3n) is 3.43. The predicted octanol–water partition coefficient (Wildman–Crippen LogP) is 0.891. The first kappa shape index (κ1) is 10.9. The van der Waals surface area contributed by atoms with Crippen molar-refractivity contribution < 1.29 is 9.59 Å². The molecule has 0 radical (unpaired) electrons. The van der Waals surface area contributed by atoms with Crippen molar-refractivity contribution in [1.82, 2.24) is 4.90 Å². The van der Waals surface area contributed by atoms with Crippen molar-refractivity contribution in [3.8, 4) is 0 Å². The lowest BCUT2D eigenvalue weighted by molar-refractivity contribution is -0.142. The first-order valence-electron chi connectivity index (χ1n) is 5.45. The molecule has 0 bridgehead atoms. The second-order valence-corrected chi connectivity index (χ2v) is 5.43. The third kappa shape index (κ3) is 1.61. The number of carbonyl (C=O) groups excluding carboxylic acids is 2. The van der Waals surface area contributed by atoms with Crippen LogP contribution in [0.5, 0.6) is 0 Å². The number of nitrogens with zero attached hydrogens (tertiary/aromatic N) is 1. The van der Waals surface area contributed by atoms with Gasteiger partial charge in [-0.25, -0.2) is 0 Å². The number of fused-ring (bicyclic) bond motifs is 1. The number of rotatable bonds is 2. The number of imide groups is 1. The summed E-state index contributed by atoms with van der Waals surface area (Å²) in [6, 6.07) is 7.35. The van der Waals surface area contributed by atoms with Gasteiger partial charge in [-0.05, 0) is 17.7 Å². The molecular weight excluding hydrogens is 284 g/mol. The molecule has 1 aliphatic heterocycles. The number of likely N-dealkylation sites (tertiary alicyclic amines) is 1. The minimum atomic E-state index is -0.252. The van der Waals surface area contributed by atoms with Crippen molar-refractivity contribution in [2.75, 3.05) is 0 Å². The van der Waals surface area contributed by atoms with Gasteiger partial charge < -0.3 is 5.73 Å². The number of carbonyl (C=O) groups is 2. The fourth-order valence-electron chi connectivity index (χ4n) is 2.37. The van der Waals surface area contributed by atoms with Gasteiger partial charge in [0, 0.05) is 10.5 Å². The zero-order valence-corrected chi connectivity index (χ0v) is 10.6. The SMILES string of the molecule is NC1C2C(=O)N(Cc3ccc(Br)cc3)C(=O)C12. The molecule has 2 atom stereocenters. The topological polar surface area (TPSA) is 63.4 Å². The summed E-state index contributed by atoms with van der Waals surface area (Å²) in [4.78, 5) is 25.0. The molecule has 2 amide bonds. The number of hydrogen-bond acceptors (Lipinski definition) is 3. The Hall–Kier alpha value is -1.20. The van der Waals surface area contributed by atoms with Crippen LogP contribution in [0, 0.1) is 11.8 Å². The van der Waals surface area contributed by atoms with E-state index in [-0.39, 0.29) is 29.7 Å². The van der Waals surface area contributed by atoms with Crippen molar-refractivity contribution in [3.63, 3.8) is 0 Å². The first-order valence-corrected chi connectivity index (χ1v) is 6.24. The highest BCUT2D eigenvalue weighted by Crippen LogP contribution is 2.46. The molecule has 2 fully saturated rings. The highest BCUT2D eigenvalue weighted by molar-refractivity contribution is 9.10. The molecule has 5 heteroatoms. The second-order valence-electron chi connectivity index (χ2n) is 4.52. The van der Waals surface area contributed by atoms with Crippen LogP contribution in [0.15, 0.2) is 28.7 Å². The molecule has 1 heterocycles. The molecule has 1 aliphatic carbocycles. The standard InChI is InChI=1S/C12H11BrN2O2/c13-7-3-1-6(2-4-7)5-15-11(16)8-9(10(8)14)12(15)17/h1-4,8-10H,5,14H2. The summed E-state index contributed by atoms with van der Waals surface area (Å²) in [5.74, 6) is -0.735. The molecule has 0 spiro atoms. The van der Waals surface area contributed by atoms with Crippen molar-refractivity contribution in [2.24, 2.45) is 17.6 Å². The molecule has 3 rings (SSSR count). The number of piperidine rings is 1. The fourth-order valence-corrected chi connectivity index (χ4v) is 2.63. The highest BCUT2D eigenvalue weighted by Gasteiger charge is 2.65. The van der Waals surface area contributed by atoms with E-state index in [9.17, 15) is 9.59 Å². The van der Waals surface area contributed by atoms with E-state index >= 15 is 0 Å². The van der Waals surface area contributed by atoms with E-state index in [0.717, 1.165) is 10.0 Å². The lowest BCUT2D eigenvalue weighted by Gasteiger charge is -2.17. The maximum atomic E-state index is 11.9. The summed E-state index contributed by atoms with van der Waals surface area (Å²) in [6.07, 6.45) is 0. The summed E-state index contributed by atoms with van der Waals surface area (Å²) in [5.41, 5.74) is 6.60. The Bertz CT molecular complexity index is 478. The molecule has 1 aromatic rings. The van der Waals surface area contributed by atoms with Crippen LogP contribution in [0.3, 0.4) is 0 Å². The monoisotopic (exact) mass is 294 g/mol. The first-order chi connectivity index (χ1) is 8.09. The number of benzene rings is 1. The molecule has 1 saturated carbocycles. The van der Waals surface area contributed by atoms with E-state index in [0.29, 0.717) is 6.54 Å². The van der Waals surface area contributed by atoms with Crippen LogP contribution < -0.4 is 5.73 Å². The van der Waals surface area contributed by atoms with Crippen LogP contribution >= 0.6 is 15.9 Å². The Kier molecular flexibility index (Phi) is 2.34. The smallest absolute Gasteiger partial charge is 0.235 e. The van der Waals surface area contributed by atoms with Crippen molar-refractivity contribution in [1.29, 1.82) is 0 Å². The molecule has 1 aromatic carbocycles. The summed E-state index contributed by atoms with van der Waals surface area (Å²) in [5, 5.41) is 0. The average molecular weight is 295 g/mol. The molecule has 17 heavy (non-hydrogen) atoms. The molecule has 4 nitrogen and oxygen atoms in total. The van der Waals surface area contributed by atoms with E-state index < -0.39 is 0 Å². The maximum absolute atomic E-state index is 11.9. The van der Waals surface area contributed by atoms with Gasteiger partial charge in [0.25, 0.3) is 0 Å². The van der Waals surface area contributed by atoms with Crippen molar-refractivity contribution >= 4 is 27.7 Å². The molecular formula is C12H11BrN2O2. The molecule has 2 unspecified atom stereocenters. The van der Waals surface area contributed by atoms with E-state index in [1.807, 2.05) is 24.3 Å². The van der Waals surface area contributed by atoms with Crippen molar-refractivity contribution in [2.45, 2.75) is 12.6 Å².